The van der Waals surface area contributed by atoms with Gasteiger partial charge in [-0.1, -0.05) is 26.7 Å². The SMILES string of the molecule is CCCC.F.F.F.F.N.[B]. The maximum atomic E-state index is 2.18. The molecular weight excluding hydrogens is 149 g/mol. The Morgan fingerprint density at radius 1 is 0.700 bits per heavy atom. The van der Waals surface area contributed by atoms with Gasteiger partial charge >= 0.3 is 0 Å². The summed E-state index contributed by atoms with van der Waals surface area (Å²) in [5.41, 5.74) is 0. The summed E-state index contributed by atoms with van der Waals surface area (Å²) >= 11 is 0. The third-order valence-corrected chi connectivity index (χ3v) is 0.500. The lowest BCUT2D eigenvalue weighted by molar-refractivity contribution is 0.886. The number of hydrogen-bond donors (Lipinski definition) is 1. The zero-order chi connectivity index (χ0) is 3.41. The molecule has 0 saturated heterocycles. The summed E-state index contributed by atoms with van der Waals surface area (Å²) in [6, 6.07) is 0. The van der Waals surface area contributed by atoms with Crippen molar-refractivity contribution < 1.29 is 18.8 Å². The Bertz CT molecular complexity index is 19.2. The van der Waals surface area contributed by atoms with Crippen LogP contribution in [0.1, 0.15) is 26.7 Å². The van der Waals surface area contributed by atoms with Crippen LogP contribution in [0, 0.1) is 0 Å². The van der Waals surface area contributed by atoms with Crippen LogP contribution in [-0.4, -0.2) is 8.41 Å². The van der Waals surface area contributed by atoms with E-state index in [1.807, 2.05) is 0 Å². The highest BCUT2D eigenvalue weighted by molar-refractivity contribution is 5.75. The normalized spacial score (nSPS) is 3.00. The molecule has 3 radical (unpaired) electrons. The molecule has 0 unspecified atom stereocenters. The molecule has 0 aliphatic carbocycles. The Morgan fingerprint density at radius 3 is 0.800 bits per heavy atom. The molecule has 0 aromatic carbocycles. The van der Waals surface area contributed by atoms with Crippen LogP contribution in [0.5, 0.6) is 0 Å². The minimum Gasteiger partial charge on any atom is -0.344 e. The third-order valence-electron chi connectivity index (χ3n) is 0.500. The molecule has 0 aliphatic rings. The molecule has 3 N–H and O–H groups in total. The van der Waals surface area contributed by atoms with Gasteiger partial charge in [-0.3, -0.25) is 18.8 Å². The van der Waals surface area contributed by atoms with E-state index in [0.29, 0.717) is 0 Å². The third kappa shape index (κ3) is 635. The predicted molar refractivity (Wildman–Crippen MR) is 41.4 cm³/mol. The molecule has 69 valence electrons. The summed E-state index contributed by atoms with van der Waals surface area (Å²) in [4.78, 5) is 0. The van der Waals surface area contributed by atoms with E-state index in [0.717, 1.165) is 0 Å². The smallest absolute Gasteiger partial charge is 0 e. The van der Waals surface area contributed by atoms with Crippen LogP contribution >= 0.6 is 0 Å². The second kappa shape index (κ2) is 172. The van der Waals surface area contributed by atoms with E-state index in [9.17, 15) is 0 Å². The fourth-order valence-electron chi connectivity index (χ4n) is 0. The molecule has 0 atom stereocenters. The fourth-order valence-corrected chi connectivity index (χ4v) is 0. The Hall–Kier alpha value is -0.255. The molecule has 0 amide bonds. The van der Waals surface area contributed by atoms with Crippen molar-refractivity contribution in [3.05, 3.63) is 0 Å². The largest absolute Gasteiger partial charge is 0.344 e. The van der Waals surface area contributed by atoms with Crippen molar-refractivity contribution in [2.24, 2.45) is 0 Å². The summed E-state index contributed by atoms with van der Waals surface area (Å²) < 4.78 is 0. The monoisotopic (exact) mass is 166 g/mol. The molecule has 1 nitrogen and oxygen atoms in total. The summed E-state index contributed by atoms with van der Waals surface area (Å²) in [6.45, 7) is 4.36. The van der Waals surface area contributed by atoms with Gasteiger partial charge in [-0.05, 0) is 0 Å². The summed E-state index contributed by atoms with van der Waals surface area (Å²) in [7, 11) is 0. The van der Waals surface area contributed by atoms with E-state index < -0.39 is 0 Å². The zero-order valence-corrected chi connectivity index (χ0v) is 6.33. The van der Waals surface area contributed by atoms with Gasteiger partial charge in [0.1, 0.15) is 0 Å². The van der Waals surface area contributed by atoms with Crippen molar-refractivity contribution in [2.45, 2.75) is 26.7 Å². The van der Waals surface area contributed by atoms with E-state index in [1.54, 1.807) is 0 Å². The van der Waals surface area contributed by atoms with Crippen LogP contribution in [0.3, 0.4) is 0 Å². The minimum atomic E-state index is 0. The topological polar surface area (TPSA) is 35.0 Å². The Balaban J connectivity index is -0.00000000300. The molecule has 0 saturated carbocycles. The molecule has 0 aromatic heterocycles. The minimum absolute atomic E-state index is 0. The van der Waals surface area contributed by atoms with E-state index in [-0.39, 0.29) is 33.4 Å². The van der Waals surface area contributed by atoms with Gasteiger partial charge in [0.05, 0.1) is 0 Å². The van der Waals surface area contributed by atoms with Gasteiger partial charge in [-0.15, -0.1) is 0 Å². The number of hydrogen-bond acceptors (Lipinski definition) is 1. The van der Waals surface area contributed by atoms with Crippen LogP contribution in [0.15, 0.2) is 0 Å². The van der Waals surface area contributed by atoms with Crippen molar-refractivity contribution in [1.29, 1.82) is 0 Å². The van der Waals surface area contributed by atoms with Crippen molar-refractivity contribution in [3.8, 4) is 0 Å². The van der Waals surface area contributed by atoms with Crippen LogP contribution in [0.25, 0.3) is 0 Å². The maximum Gasteiger partial charge on any atom is 0 e. The first kappa shape index (κ1) is 98.9. The van der Waals surface area contributed by atoms with Gasteiger partial charge in [0.2, 0.25) is 0 Å². The molecule has 0 fully saturated rings. The predicted octanol–water partition coefficient (Wildman–Crippen LogP) is 2.20. The van der Waals surface area contributed by atoms with Gasteiger partial charge in [0.15, 0.2) is 0 Å². The Morgan fingerprint density at radius 2 is 0.800 bits per heavy atom. The highest BCUT2D eigenvalue weighted by atomic mass is 19.0. The Labute approximate surface area is 61.2 Å². The van der Waals surface area contributed by atoms with Crippen LogP contribution < -0.4 is 6.15 Å². The molecule has 0 spiro atoms. The first-order valence-electron chi connectivity index (χ1n) is 1.91. The van der Waals surface area contributed by atoms with Crippen LogP contribution in [0.4, 0.5) is 18.8 Å². The second-order valence-electron chi connectivity index (χ2n) is 1.000. The standard InChI is InChI=1S/C4H10.B.4FH.H3N/c1-3-4-2;;;;;;/h3-4H2,1-2H3;;4*1H;1H3. The number of unbranched alkanes of at least 4 members (excludes halogenated alkanes) is 1. The van der Waals surface area contributed by atoms with Crippen LogP contribution in [0.2, 0.25) is 0 Å². The van der Waals surface area contributed by atoms with Gasteiger partial charge in [-0.2, -0.15) is 0 Å². The van der Waals surface area contributed by atoms with Gasteiger partial charge < -0.3 is 6.15 Å². The molecule has 0 aliphatic heterocycles. The lowest BCUT2D eigenvalue weighted by Crippen LogP contribution is -1.47. The highest BCUT2D eigenvalue weighted by Crippen LogP contribution is 1.76. The first-order valence-corrected chi connectivity index (χ1v) is 1.91. The van der Waals surface area contributed by atoms with E-state index in [4.69, 9.17) is 0 Å². The summed E-state index contributed by atoms with van der Waals surface area (Å²) in [5, 5.41) is 0. The van der Waals surface area contributed by atoms with Crippen LogP contribution in [-0.2, 0) is 0 Å². The molecule has 0 rings (SSSR count). The zero-order valence-electron chi connectivity index (χ0n) is 6.33. The van der Waals surface area contributed by atoms with Crippen molar-refractivity contribution in [1.82, 2.24) is 6.15 Å². The lowest BCUT2D eigenvalue weighted by Gasteiger charge is -1.68. The number of halogens is 4. The van der Waals surface area contributed by atoms with Crippen molar-refractivity contribution in [2.75, 3.05) is 0 Å². The van der Waals surface area contributed by atoms with Crippen molar-refractivity contribution in [3.63, 3.8) is 0 Å². The fraction of sp³-hybridized carbons (Fsp3) is 1.00. The molecule has 10 heavy (non-hydrogen) atoms. The average molecular weight is 166 g/mol. The molecule has 6 heteroatoms. The molecular formula is C4H17BF4N. The number of rotatable bonds is 1. The molecule has 0 aromatic rings. The summed E-state index contributed by atoms with van der Waals surface area (Å²) in [6.07, 6.45) is 2.64. The van der Waals surface area contributed by atoms with Gasteiger partial charge in [0.25, 0.3) is 0 Å². The van der Waals surface area contributed by atoms with Gasteiger partial charge in [-0.25, -0.2) is 0 Å². The molecule has 0 heterocycles. The van der Waals surface area contributed by atoms with E-state index in [1.165, 1.54) is 12.8 Å². The maximum absolute atomic E-state index is 2.18. The average Bonchev–Trinajstić information content (AvgIpc) is 1.37. The van der Waals surface area contributed by atoms with Crippen molar-refractivity contribution >= 4 is 8.41 Å². The van der Waals surface area contributed by atoms with E-state index in [2.05, 4.69) is 13.8 Å². The van der Waals surface area contributed by atoms with E-state index >= 15 is 0 Å². The van der Waals surface area contributed by atoms with Gasteiger partial charge in [0, 0.05) is 8.41 Å². The molecule has 0 bridgehead atoms. The lowest BCUT2D eigenvalue weighted by atomic mass is 10.4. The first-order chi connectivity index (χ1) is 1.91. The second-order valence-corrected chi connectivity index (χ2v) is 1.000. The summed E-state index contributed by atoms with van der Waals surface area (Å²) in [5.74, 6) is 0. The Kier molecular flexibility index (Phi) is 1700. The highest BCUT2D eigenvalue weighted by Gasteiger charge is 1.56. The quantitative estimate of drug-likeness (QED) is 0.470.